The van der Waals surface area contributed by atoms with Crippen molar-refractivity contribution in [3.63, 3.8) is 0 Å². The van der Waals surface area contributed by atoms with Crippen molar-refractivity contribution in [2.75, 3.05) is 0 Å². The predicted molar refractivity (Wildman–Crippen MR) is 110 cm³/mol. The van der Waals surface area contributed by atoms with E-state index in [0.717, 1.165) is 54.4 Å². The van der Waals surface area contributed by atoms with Crippen LogP contribution in [-0.2, 0) is 11.2 Å². The van der Waals surface area contributed by atoms with Crippen molar-refractivity contribution in [3.05, 3.63) is 29.5 Å². The molecule has 1 aromatic carbocycles. The average molecular weight is 365 g/mol. The second-order valence-corrected chi connectivity index (χ2v) is 7.04. The molecule has 1 aliphatic heterocycles. The van der Waals surface area contributed by atoms with E-state index in [-0.39, 0.29) is 17.8 Å². The van der Waals surface area contributed by atoms with Crippen molar-refractivity contribution >= 4 is 34.4 Å². The van der Waals surface area contributed by atoms with Crippen LogP contribution < -0.4 is 5.32 Å². The third-order valence-corrected chi connectivity index (χ3v) is 4.99. The number of unbranched alkanes of at least 4 members (excludes halogenated alkanes) is 2. The lowest BCUT2D eigenvalue weighted by Crippen LogP contribution is -2.42. The molecule has 1 N–H and O–H groups in total. The van der Waals surface area contributed by atoms with Crippen LogP contribution in [0.5, 0.6) is 0 Å². The molecule has 142 valence electrons. The number of nitrogens with zero attached hydrogens (tertiary/aromatic N) is 4. The maximum Gasteiger partial charge on any atom is 0.253 e. The third-order valence-electron chi connectivity index (χ3n) is 4.99. The lowest BCUT2D eigenvalue weighted by atomic mass is 9.95. The fourth-order valence-electron chi connectivity index (χ4n) is 3.33. The van der Waals surface area contributed by atoms with Crippen molar-refractivity contribution in [2.24, 2.45) is 15.9 Å². The number of rotatable bonds is 6. The number of carbonyl (C=O) groups is 1. The normalized spacial score (nSPS) is 18.7. The first-order valence-electron chi connectivity index (χ1n) is 9.73. The van der Waals surface area contributed by atoms with E-state index in [1.165, 1.54) is 5.56 Å². The minimum absolute atomic E-state index is 0.0388. The van der Waals surface area contributed by atoms with E-state index in [2.05, 4.69) is 51.2 Å². The van der Waals surface area contributed by atoms with E-state index < -0.39 is 0 Å². The SMILES string of the molecule is CCCCCC1C(=O)NC(=Nc2nc(C)c3ccc(CC)cc3n2)N=C1C. The van der Waals surface area contributed by atoms with Gasteiger partial charge in [-0.3, -0.25) is 10.1 Å². The van der Waals surface area contributed by atoms with Gasteiger partial charge in [-0.2, -0.15) is 4.99 Å². The summed E-state index contributed by atoms with van der Waals surface area (Å²) in [6, 6.07) is 6.20. The second-order valence-electron chi connectivity index (χ2n) is 7.04. The van der Waals surface area contributed by atoms with Gasteiger partial charge in [-0.05, 0) is 38.3 Å². The molecule has 0 aliphatic carbocycles. The quantitative estimate of drug-likeness (QED) is 0.776. The highest BCUT2D eigenvalue weighted by Crippen LogP contribution is 2.21. The van der Waals surface area contributed by atoms with E-state index in [9.17, 15) is 4.79 Å². The molecular weight excluding hydrogens is 338 g/mol. The molecule has 2 aromatic rings. The summed E-state index contributed by atoms with van der Waals surface area (Å²) in [6.45, 7) is 8.10. The standard InChI is InChI=1S/C21H27N5O/c1-5-7-8-9-17-14(4)23-21(25-19(17)27)26-20-22-13(3)16-11-10-15(6-2)12-18(16)24-20/h10-12,17H,5-9H2,1-4H3,(H,22,24,25,26,27). The van der Waals surface area contributed by atoms with Crippen LogP contribution in [0.15, 0.2) is 28.2 Å². The number of benzene rings is 1. The maximum atomic E-state index is 12.4. The lowest BCUT2D eigenvalue weighted by molar-refractivity contribution is -0.122. The summed E-state index contributed by atoms with van der Waals surface area (Å²) in [6.07, 6.45) is 5.06. The number of hydrogen-bond acceptors (Lipinski definition) is 4. The summed E-state index contributed by atoms with van der Waals surface area (Å²) in [5.74, 6) is 0.393. The first-order chi connectivity index (χ1) is 13.0. The van der Waals surface area contributed by atoms with Crippen molar-refractivity contribution < 1.29 is 4.79 Å². The van der Waals surface area contributed by atoms with Gasteiger partial charge in [-0.15, -0.1) is 0 Å². The van der Waals surface area contributed by atoms with Gasteiger partial charge in [0.05, 0.1) is 17.1 Å². The Morgan fingerprint density at radius 1 is 1.15 bits per heavy atom. The Hall–Kier alpha value is -2.63. The Morgan fingerprint density at radius 3 is 2.67 bits per heavy atom. The van der Waals surface area contributed by atoms with Gasteiger partial charge in [0.15, 0.2) is 0 Å². The Kier molecular flexibility index (Phi) is 5.94. The average Bonchev–Trinajstić information content (AvgIpc) is 2.63. The Bertz CT molecular complexity index is 916. The van der Waals surface area contributed by atoms with Crippen molar-refractivity contribution in [2.45, 2.75) is 59.8 Å². The minimum Gasteiger partial charge on any atom is -0.294 e. The van der Waals surface area contributed by atoms with E-state index in [1.807, 2.05) is 19.9 Å². The Balaban J connectivity index is 1.89. The number of hydrogen-bond donors (Lipinski definition) is 1. The summed E-state index contributed by atoms with van der Waals surface area (Å²) < 4.78 is 0. The first-order valence-corrected chi connectivity index (χ1v) is 9.73. The van der Waals surface area contributed by atoms with E-state index in [4.69, 9.17) is 0 Å². The van der Waals surface area contributed by atoms with Gasteiger partial charge in [0.25, 0.3) is 5.95 Å². The zero-order valence-electron chi connectivity index (χ0n) is 16.5. The van der Waals surface area contributed by atoms with Crippen LogP contribution in [0, 0.1) is 12.8 Å². The van der Waals surface area contributed by atoms with Gasteiger partial charge in [0.1, 0.15) is 0 Å². The molecule has 1 atom stereocenters. The maximum absolute atomic E-state index is 12.4. The summed E-state index contributed by atoms with van der Waals surface area (Å²) in [4.78, 5) is 30.3. The fraction of sp³-hybridized carbons (Fsp3) is 0.476. The molecule has 6 nitrogen and oxygen atoms in total. The molecule has 3 rings (SSSR count). The molecule has 0 radical (unpaired) electrons. The van der Waals surface area contributed by atoms with Gasteiger partial charge in [0.2, 0.25) is 11.9 Å². The Morgan fingerprint density at radius 2 is 1.96 bits per heavy atom. The van der Waals surface area contributed by atoms with Crippen molar-refractivity contribution in [1.29, 1.82) is 0 Å². The summed E-state index contributed by atoms with van der Waals surface area (Å²) in [7, 11) is 0. The smallest absolute Gasteiger partial charge is 0.253 e. The molecule has 0 saturated carbocycles. The van der Waals surface area contributed by atoms with Crippen LogP contribution in [0.2, 0.25) is 0 Å². The van der Waals surface area contributed by atoms with Crippen molar-refractivity contribution in [3.8, 4) is 0 Å². The highest BCUT2D eigenvalue weighted by molar-refractivity contribution is 6.17. The zero-order chi connectivity index (χ0) is 19.4. The summed E-state index contributed by atoms with van der Waals surface area (Å²) >= 11 is 0. The topological polar surface area (TPSA) is 79.6 Å². The number of nitrogens with one attached hydrogen (secondary N) is 1. The molecule has 0 fully saturated rings. The van der Waals surface area contributed by atoms with Gasteiger partial charge >= 0.3 is 0 Å². The van der Waals surface area contributed by atoms with Crippen LogP contribution >= 0.6 is 0 Å². The number of carbonyl (C=O) groups excluding carboxylic acids is 1. The molecule has 6 heteroatoms. The zero-order valence-corrected chi connectivity index (χ0v) is 16.5. The molecule has 1 aromatic heterocycles. The largest absolute Gasteiger partial charge is 0.294 e. The van der Waals surface area contributed by atoms with E-state index >= 15 is 0 Å². The van der Waals surface area contributed by atoms with E-state index in [1.54, 1.807) is 0 Å². The molecule has 1 amide bonds. The summed E-state index contributed by atoms with van der Waals surface area (Å²) in [5, 5.41) is 3.82. The molecule has 0 bridgehead atoms. The molecular formula is C21H27N5O. The van der Waals surface area contributed by atoms with Gasteiger partial charge in [0, 0.05) is 11.1 Å². The predicted octanol–water partition coefficient (Wildman–Crippen LogP) is 4.28. The minimum atomic E-state index is -0.165. The van der Waals surface area contributed by atoms with Crippen LogP contribution in [0.4, 0.5) is 5.95 Å². The molecule has 0 spiro atoms. The number of amides is 1. The van der Waals surface area contributed by atoms with Gasteiger partial charge in [-0.25, -0.2) is 15.0 Å². The lowest BCUT2D eigenvalue weighted by Gasteiger charge is -2.21. The Labute approximate surface area is 160 Å². The van der Waals surface area contributed by atoms with Gasteiger partial charge in [-0.1, -0.05) is 45.2 Å². The summed E-state index contributed by atoms with van der Waals surface area (Å²) in [5.41, 5.74) is 3.75. The van der Waals surface area contributed by atoms with Gasteiger partial charge < -0.3 is 0 Å². The molecule has 2 heterocycles. The molecule has 1 unspecified atom stereocenters. The number of guanidine groups is 1. The third kappa shape index (κ3) is 4.38. The number of aliphatic imine (C=N–C) groups is 2. The van der Waals surface area contributed by atoms with Crippen LogP contribution in [-0.4, -0.2) is 27.5 Å². The first kappa shape index (κ1) is 19.1. The molecule has 1 aliphatic rings. The van der Waals surface area contributed by atoms with Crippen LogP contribution in [0.3, 0.4) is 0 Å². The molecule has 0 saturated heterocycles. The number of fused-ring (bicyclic) bond motifs is 1. The second kappa shape index (κ2) is 8.37. The van der Waals surface area contributed by atoms with Crippen LogP contribution in [0.1, 0.15) is 57.7 Å². The highest BCUT2D eigenvalue weighted by Gasteiger charge is 2.27. The monoisotopic (exact) mass is 365 g/mol. The number of aromatic nitrogens is 2. The number of aryl methyl sites for hydroxylation is 2. The highest BCUT2D eigenvalue weighted by atomic mass is 16.2. The van der Waals surface area contributed by atoms with Crippen molar-refractivity contribution in [1.82, 2.24) is 15.3 Å². The molecule has 27 heavy (non-hydrogen) atoms. The van der Waals surface area contributed by atoms with E-state index in [0.29, 0.717) is 5.95 Å². The fourth-order valence-corrected chi connectivity index (χ4v) is 3.33. The van der Waals surface area contributed by atoms with Crippen LogP contribution in [0.25, 0.3) is 10.9 Å².